The minimum Gasteiger partial charge on any atom is -0.465 e. The van der Waals surface area contributed by atoms with E-state index in [0.29, 0.717) is 6.61 Å². The number of aliphatic hydroxyl groups excluding tert-OH is 1. The summed E-state index contributed by atoms with van der Waals surface area (Å²) in [6.45, 7) is 5.44. The van der Waals surface area contributed by atoms with Crippen LogP contribution in [0.1, 0.15) is 32.4 Å². The van der Waals surface area contributed by atoms with E-state index in [1.165, 1.54) is 0 Å². The Morgan fingerprint density at radius 1 is 1.38 bits per heavy atom. The summed E-state index contributed by atoms with van der Waals surface area (Å²) in [5.41, 5.74) is -0.210. The van der Waals surface area contributed by atoms with Gasteiger partial charge in [0.25, 0.3) is 0 Å². The second-order valence-corrected chi connectivity index (χ2v) is 4.26. The van der Waals surface area contributed by atoms with Gasteiger partial charge in [0.05, 0.1) is 18.1 Å². The molecular weight excluding hydrogens is 204 g/mol. The first-order valence-corrected chi connectivity index (χ1v) is 5.40. The zero-order valence-corrected chi connectivity index (χ0v) is 9.93. The molecule has 0 fully saturated rings. The number of aliphatic hydroxyl groups is 1. The highest BCUT2D eigenvalue weighted by Gasteiger charge is 2.37. The molecule has 0 aromatic heterocycles. The lowest BCUT2D eigenvalue weighted by molar-refractivity contribution is -0.160. The highest BCUT2D eigenvalue weighted by atomic mass is 16.5. The first kappa shape index (κ1) is 12.7. The molecule has 1 aromatic carbocycles. The Hall–Kier alpha value is -1.35. The number of carbonyl (C=O) groups excluding carboxylic acids is 1. The van der Waals surface area contributed by atoms with E-state index in [2.05, 4.69) is 0 Å². The maximum absolute atomic E-state index is 11.7. The van der Waals surface area contributed by atoms with Crippen LogP contribution in [0.5, 0.6) is 0 Å². The van der Waals surface area contributed by atoms with Crippen molar-refractivity contribution in [2.45, 2.75) is 26.9 Å². The topological polar surface area (TPSA) is 46.5 Å². The molecule has 16 heavy (non-hydrogen) atoms. The summed E-state index contributed by atoms with van der Waals surface area (Å²) in [5, 5.41) is 10.1. The fourth-order valence-corrected chi connectivity index (χ4v) is 1.48. The molecule has 1 unspecified atom stereocenters. The molecule has 0 amide bonds. The Morgan fingerprint density at radius 3 is 2.44 bits per heavy atom. The molecule has 0 radical (unpaired) electrons. The average molecular weight is 222 g/mol. The van der Waals surface area contributed by atoms with E-state index < -0.39 is 11.5 Å². The summed E-state index contributed by atoms with van der Waals surface area (Å²) in [6, 6.07) is 9.13. The van der Waals surface area contributed by atoms with E-state index in [-0.39, 0.29) is 5.97 Å². The van der Waals surface area contributed by atoms with Crippen molar-refractivity contribution in [3.8, 4) is 0 Å². The third-order valence-corrected chi connectivity index (χ3v) is 2.60. The molecule has 0 aliphatic rings. The fraction of sp³-hybridized carbons (Fsp3) is 0.462. The molecule has 3 nitrogen and oxygen atoms in total. The van der Waals surface area contributed by atoms with Crippen molar-refractivity contribution in [3.63, 3.8) is 0 Å². The van der Waals surface area contributed by atoms with Gasteiger partial charge in [-0.05, 0) is 26.3 Å². The molecule has 1 atom stereocenters. The third-order valence-electron chi connectivity index (χ3n) is 2.60. The molecule has 0 heterocycles. The molecule has 0 aliphatic heterocycles. The SMILES string of the molecule is CCOC(=O)C(C)(C)C(O)c1ccccc1. The van der Waals surface area contributed by atoms with E-state index in [1.54, 1.807) is 32.9 Å². The van der Waals surface area contributed by atoms with Gasteiger partial charge in [-0.25, -0.2) is 0 Å². The zero-order valence-electron chi connectivity index (χ0n) is 9.93. The van der Waals surface area contributed by atoms with Crippen molar-refractivity contribution in [1.82, 2.24) is 0 Å². The Labute approximate surface area is 96.1 Å². The zero-order chi connectivity index (χ0) is 12.2. The summed E-state index contributed by atoms with van der Waals surface area (Å²) < 4.78 is 4.95. The predicted molar refractivity (Wildman–Crippen MR) is 61.8 cm³/mol. The molecule has 0 aliphatic carbocycles. The first-order valence-electron chi connectivity index (χ1n) is 5.40. The van der Waals surface area contributed by atoms with Crippen LogP contribution in [-0.4, -0.2) is 17.7 Å². The van der Waals surface area contributed by atoms with E-state index >= 15 is 0 Å². The van der Waals surface area contributed by atoms with Crippen LogP contribution in [0.4, 0.5) is 0 Å². The number of hydrogen-bond donors (Lipinski definition) is 1. The molecule has 3 heteroatoms. The van der Waals surface area contributed by atoms with Crippen LogP contribution in [0.25, 0.3) is 0 Å². The van der Waals surface area contributed by atoms with Gasteiger partial charge in [-0.15, -0.1) is 0 Å². The second-order valence-electron chi connectivity index (χ2n) is 4.26. The quantitative estimate of drug-likeness (QED) is 0.795. The largest absolute Gasteiger partial charge is 0.465 e. The minimum atomic E-state index is -0.933. The van der Waals surface area contributed by atoms with Gasteiger partial charge < -0.3 is 9.84 Å². The van der Waals surface area contributed by atoms with Crippen LogP contribution in [0.3, 0.4) is 0 Å². The Morgan fingerprint density at radius 2 is 1.94 bits per heavy atom. The lowest BCUT2D eigenvalue weighted by Crippen LogP contribution is -2.33. The molecule has 1 aromatic rings. The minimum absolute atomic E-state index is 0.323. The van der Waals surface area contributed by atoms with Gasteiger partial charge in [-0.1, -0.05) is 30.3 Å². The van der Waals surface area contributed by atoms with Crippen LogP contribution in [-0.2, 0) is 9.53 Å². The van der Waals surface area contributed by atoms with Crippen molar-refractivity contribution in [3.05, 3.63) is 35.9 Å². The highest BCUT2D eigenvalue weighted by Crippen LogP contribution is 2.34. The summed E-state index contributed by atoms with van der Waals surface area (Å²) >= 11 is 0. The molecule has 0 bridgehead atoms. The van der Waals surface area contributed by atoms with Crippen LogP contribution in [0.2, 0.25) is 0 Å². The lowest BCUT2D eigenvalue weighted by atomic mass is 9.83. The number of carbonyl (C=O) groups is 1. The smallest absolute Gasteiger partial charge is 0.314 e. The number of rotatable bonds is 4. The number of hydrogen-bond acceptors (Lipinski definition) is 3. The Kier molecular flexibility index (Phi) is 4.07. The predicted octanol–water partition coefficient (Wildman–Crippen LogP) is 2.31. The third kappa shape index (κ3) is 2.61. The molecule has 0 spiro atoms. The van der Waals surface area contributed by atoms with E-state index in [9.17, 15) is 9.90 Å². The van der Waals surface area contributed by atoms with Gasteiger partial charge in [0.2, 0.25) is 0 Å². The van der Waals surface area contributed by atoms with Crippen molar-refractivity contribution in [1.29, 1.82) is 0 Å². The molecule has 0 saturated carbocycles. The normalized spacial score (nSPS) is 13.2. The van der Waals surface area contributed by atoms with Crippen molar-refractivity contribution in [2.24, 2.45) is 5.41 Å². The number of esters is 1. The van der Waals surface area contributed by atoms with E-state index in [0.717, 1.165) is 5.56 Å². The lowest BCUT2D eigenvalue weighted by Gasteiger charge is -2.28. The monoisotopic (exact) mass is 222 g/mol. The average Bonchev–Trinajstić information content (AvgIpc) is 2.29. The van der Waals surface area contributed by atoms with Crippen molar-refractivity contribution < 1.29 is 14.6 Å². The van der Waals surface area contributed by atoms with Crippen LogP contribution >= 0.6 is 0 Å². The van der Waals surface area contributed by atoms with Crippen molar-refractivity contribution >= 4 is 5.97 Å². The van der Waals surface area contributed by atoms with E-state index in [4.69, 9.17) is 4.74 Å². The maximum Gasteiger partial charge on any atom is 0.314 e. The van der Waals surface area contributed by atoms with Gasteiger partial charge in [0, 0.05) is 0 Å². The number of ether oxygens (including phenoxy) is 1. The van der Waals surface area contributed by atoms with Gasteiger partial charge >= 0.3 is 5.97 Å². The maximum atomic E-state index is 11.7. The van der Waals surface area contributed by atoms with Crippen LogP contribution in [0.15, 0.2) is 30.3 Å². The summed E-state index contributed by atoms with van der Waals surface area (Å²) in [4.78, 5) is 11.7. The number of benzene rings is 1. The van der Waals surface area contributed by atoms with Crippen LogP contribution < -0.4 is 0 Å². The molecule has 0 saturated heterocycles. The Balaban J connectivity index is 2.87. The molecule has 88 valence electrons. The molecular formula is C13H18O3. The summed E-state index contributed by atoms with van der Waals surface area (Å²) in [6.07, 6.45) is -0.854. The summed E-state index contributed by atoms with van der Waals surface area (Å²) in [7, 11) is 0. The van der Waals surface area contributed by atoms with Gasteiger partial charge in [-0.3, -0.25) is 4.79 Å². The standard InChI is InChI=1S/C13H18O3/c1-4-16-12(15)13(2,3)11(14)10-8-6-5-7-9-10/h5-9,11,14H,4H2,1-3H3. The first-order chi connectivity index (χ1) is 7.50. The van der Waals surface area contributed by atoms with Crippen molar-refractivity contribution in [2.75, 3.05) is 6.61 Å². The van der Waals surface area contributed by atoms with Gasteiger partial charge in [0.1, 0.15) is 0 Å². The fourth-order valence-electron chi connectivity index (χ4n) is 1.48. The second kappa shape index (κ2) is 5.12. The van der Waals surface area contributed by atoms with Gasteiger partial charge in [-0.2, -0.15) is 0 Å². The molecule has 1 rings (SSSR count). The van der Waals surface area contributed by atoms with E-state index in [1.807, 2.05) is 18.2 Å². The van der Waals surface area contributed by atoms with Gasteiger partial charge in [0.15, 0.2) is 0 Å². The summed E-state index contributed by atoms with van der Waals surface area (Å²) in [5.74, 6) is -0.383. The van der Waals surface area contributed by atoms with Crippen LogP contribution in [0, 0.1) is 5.41 Å². The highest BCUT2D eigenvalue weighted by molar-refractivity contribution is 5.77. The Bertz CT molecular complexity index is 343. The molecule has 1 N–H and O–H groups in total.